The summed E-state index contributed by atoms with van der Waals surface area (Å²) < 4.78 is 11.1. The third-order valence-electron chi connectivity index (χ3n) is 3.48. The monoisotopic (exact) mass is 299 g/mol. The molecule has 0 fully saturated rings. The number of hydrogen-bond acceptors (Lipinski definition) is 5. The summed E-state index contributed by atoms with van der Waals surface area (Å²) in [4.78, 5) is 19.7. The van der Waals surface area contributed by atoms with Gasteiger partial charge in [-0.25, -0.2) is 4.98 Å². The zero-order valence-electron chi connectivity index (χ0n) is 12.3. The molecule has 1 aliphatic heterocycles. The lowest BCUT2D eigenvalue weighted by Crippen LogP contribution is -2.26. The van der Waals surface area contributed by atoms with Crippen molar-refractivity contribution in [2.24, 2.45) is 0 Å². The van der Waals surface area contributed by atoms with Crippen LogP contribution >= 0.6 is 0 Å². The van der Waals surface area contributed by atoms with Crippen molar-refractivity contribution in [3.8, 4) is 11.5 Å². The van der Waals surface area contributed by atoms with Gasteiger partial charge in [-0.05, 0) is 36.6 Å². The number of amides is 1. The van der Waals surface area contributed by atoms with E-state index in [1.807, 2.05) is 19.1 Å². The Hall–Kier alpha value is -2.63. The molecule has 0 radical (unpaired) electrons. The molecule has 1 aliphatic rings. The minimum atomic E-state index is -0.219. The summed E-state index contributed by atoms with van der Waals surface area (Å²) in [5, 5.41) is 2.84. The van der Waals surface area contributed by atoms with E-state index in [0.717, 1.165) is 22.6 Å². The third-order valence-corrected chi connectivity index (χ3v) is 3.48. The molecule has 114 valence electrons. The number of carbonyl (C=O) groups is 1. The van der Waals surface area contributed by atoms with E-state index in [0.29, 0.717) is 31.9 Å². The standard InChI is InChI=1S/C16H17N3O3/c1-11-8-14-15(22-7-6-21-14)9-12(11)2-3-19-16(20)13-10-17-4-5-18-13/h4-5,8-10H,2-3,6-7H2,1H3,(H,19,20). The minimum Gasteiger partial charge on any atom is -0.486 e. The first-order valence-corrected chi connectivity index (χ1v) is 7.17. The molecule has 0 saturated carbocycles. The van der Waals surface area contributed by atoms with Crippen LogP contribution < -0.4 is 14.8 Å². The lowest BCUT2D eigenvalue weighted by atomic mass is 10.0. The van der Waals surface area contributed by atoms with E-state index in [-0.39, 0.29) is 5.91 Å². The summed E-state index contributed by atoms with van der Waals surface area (Å²) in [6.07, 6.45) is 5.20. The maximum atomic E-state index is 11.9. The highest BCUT2D eigenvalue weighted by atomic mass is 16.6. The van der Waals surface area contributed by atoms with Crippen molar-refractivity contribution in [2.75, 3.05) is 19.8 Å². The Morgan fingerprint density at radius 2 is 2.00 bits per heavy atom. The maximum absolute atomic E-state index is 11.9. The fourth-order valence-corrected chi connectivity index (χ4v) is 2.32. The zero-order chi connectivity index (χ0) is 15.4. The summed E-state index contributed by atoms with van der Waals surface area (Å²) in [7, 11) is 0. The second-order valence-corrected chi connectivity index (χ2v) is 5.02. The molecular weight excluding hydrogens is 282 g/mol. The number of hydrogen-bond donors (Lipinski definition) is 1. The van der Waals surface area contributed by atoms with E-state index >= 15 is 0 Å². The molecular formula is C16H17N3O3. The number of ether oxygens (including phenoxy) is 2. The molecule has 0 aliphatic carbocycles. The predicted molar refractivity (Wildman–Crippen MR) is 80.2 cm³/mol. The molecule has 1 amide bonds. The first-order valence-electron chi connectivity index (χ1n) is 7.17. The predicted octanol–water partition coefficient (Wildman–Crippen LogP) is 1.53. The average Bonchev–Trinajstić information content (AvgIpc) is 2.56. The van der Waals surface area contributed by atoms with E-state index in [1.165, 1.54) is 18.6 Å². The van der Waals surface area contributed by atoms with Crippen molar-refractivity contribution in [3.05, 3.63) is 47.5 Å². The van der Waals surface area contributed by atoms with Crippen LogP contribution in [-0.2, 0) is 6.42 Å². The number of fused-ring (bicyclic) bond motifs is 1. The summed E-state index contributed by atoms with van der Waals surface area (Å²) in [5.74, 6) is 1.34. The Kier molecular flexibility index (Phi) is 4.18. The summed E-state index contributed by atoms with van der Waals surface area (Å²) in [6.45, 7) is 3.70. The molecule has 6 nitrogen and oxygen atoms in total. The molecule has 6 heteroatoms. The molecule has 0 saturated heterocycles. The average molecular weight is 299 g/mol. The van der Waals surface area contributed by atoms with Crippen LogP contribution in [-0.4, -0.2) is 35.6 Å². The first kappa shape index (κ1) is 14.3. The molecule has 0 unspecified atom stereocenters. The molecule has 0 atom stereocenters. The number of nitrogens with zero attached hydrogens (tertiary/aromatic N) is 2. The lowest BCUT2D eigenvalue weighted by molar-refractivity contribution is 0.0948. The van der Waals surface area contributed by atoms with Crippen molar-refractivity contribution >= 4 is 5.91 Å². The van der Waals surface area contributed by atoms with Gasteiger partial charge in [0.15, 0.2) is 11.5 Å². The molecule has 2 aromatic rings. The Morgan fingerprint density at radius 1 is 1.23 bits per heavy atom. The Labute approximate surface area is 128 Å². The second kappa shape index (κ2) is 6.43. The number of aromatic nitrogens is 2. The minimum absolute atomic E-state index is 0.219. The molecule has 0 spiro atoms. The van der Waals surface area contributed by atoms with Crippen molar-refractivity contribution in [1.29, 1.82) is 0 Å². The van der Waals surface area contributed by atoms with Gasteiger partial charge in [-0.15, -0.1) is 0 Å². The molecule has 1 N–H and O–H groups in total. The molecule has 3 rings (SSSR count). The Balaban J connectivity index is 1.61. The van der Waals surface area contributed by atoms with Crippen LogP contribution in [0.2, 0.25) is 0 Å². The fraction of sp³-hybridized carbons (Fsp3) is 0.312. The number of benzene rings is 1. The zero-order valence-corrected chi connectivity index (χ0v) is 12.3. The van der Waals surface area contributed by atoms with Crippen LogP contribution in [0.3, 0.4) is 0 Å². The summed E-state index contributed by atoms with van der Waals surface area (Å²) in [5.41, 5.74) is 2.57. The van der Waals surface area contributed by atoms with Crippen LogP contribution in [0.15, 0.2) is 30.7 Å². The SMILES string of the molecule is Cc1cc2c(cc1CCNC(=O)c1cnccn1)OCCO2. The highest BCUT2D eigenvalue weighted by Gasteiger charge is 2.14. The molecule has 22 heavy (non-hydrogen) atoms. The van der Waals surface area contributed by atoms with Crippen molar-refractivity contribution in [2.45, 2.75) is 13.3 Å². The highest BCUT2D eigenvalue weighted by Crippen LogP contribution is 2.33. The van der Waals surface area contributed by atoms with E-state index in [9.17, 15) is 4.79 Å². The van der Waals surface area contributed by atoms with Crippen LogP contribution in [0, 0.1) is 6.92 Å². The van der Waals surface area contributed by atoms with Crippen LogP contribution in [0.1, 0.15) is 21.6 Å². The first-order chi connectivity index (χ1) is 10.7. The van der Waals surface area contributed by atoms with Crippen LogP contribution in [0.25, 0.3) is 0 Å². The van der Waals surface area contributed by atoms with Crippen LogP contribution in [0.4, 0.5) is 0 Å². The van der Waals surface area contributed by atoms with Gasteiger partial charge in [0.05, 0.1) is 6.20 Å². The molecule has 0 bridgehead atoms. The summed E-state index contributed by atoms with van der Waals surface area (Å²) >= 11 is 0. The maximum Gasteiger partial charge on any atom is 0.271 e. The second-order valence-electron chi connectivity index (χ2n) is 5.02. The number of carbonyl (C=O) groups excluding carboxylic acids is 1. The third kappa shape index (κ3) is 3.16. The smallest absolute Gasteiger partial charge is 0.271 e. The van der Waals surface area contributed by atoms with Crippen LogP contribution in [0.5, 0.6) is 11.5 Å². The topological polar surface area (TPSA) is 73.3 Å². The van der Waals surface area contributed by atoms with Gasteiger partial charge in [-0.3, -0.25) is 9.78 Å². The number of aryl methyl sites for hydroxylation is 1. The van der Waals surface area contributed by atoms with Gasteiger partial charge < -0.3 is 14.8 Å². The molecule has 1 aromatic heterocycles. The van der Waals surface area contributed by atoms with Gasteiger partial charge in [0.2, 0.25) is 0 Å². The molecule has 2 heterocycles. The lowest BCUT2D eigenvalue weighted by Gasteiger charge is -2.20. The number of rotatable bonds is 4. The van der Waals surface area contributed by atoms with Gasteiger partial charge >= 0.3 is 0 Å². The van der Waals surface area contributed by atoms with Gasteiger partial charge in [-0.2, -0.15) is 0 Å². The normalized spacial score (nSPS) is 12.8. The van der Waals surface area contributed by atoms with Crippen molar-refractivity contribution in [3.63, 3.8) is 0 Å². The van der Waals surface area contributed by atoms with Gasteiger partial charge in [0.25, 0.3) is 5.91 Å². The fourth-order valence-electron chi connectivity index (χ4n) is 2.32. The van der Waals surface area contributed by atoms with Crippen molar-refractivity contribution < 1.29 is 14.3 Å². The van der Waals surface area contributed by atoms with E-state index in [2.05, 4.69) is 15.3 Å². The number of nitrogens with one attached hydrogen (secondary N) is 1. The molecule has 1 aromatic carbocycles. The van der Waals surface area contributed by atoms with E-state index in [1.54, 1.807) is 0 Å². The van der Waals surface area contributed by atoms with Crippen molar-refractivity contribution in [1.82, 2.24) is 15.3 Å². The largest absolute Gasteiger partial charge is 0.486 e. The van der Waals surface area contributed by atoms with Gasteiger partial charge in [0.1, 0.15) is 18.9 Å². The quantitative estimate of drug-likeness (QED) is 0.927. The Morgan fingerprint density at radius 3 is 2.73 bits per heavy atom. The van der Waals surface area contributed by atoms with Gasteiger partial charge in [0, 0.05) is 18.9 Å². The van der Waals surface area contributed by atoms with E-state index < -0.39 is 0 Å². The van der Waals surface area contributed by atoms with E-state index in [4.69, 9.17) is 9.47 Å². The summed E-state index contributed by atoms with van der Waals surface area (Å²) in [6, 6.07) is 3.96. The Bertz CT molecular complexity index is 674. The van der Waals surface area contributed by atoms with Gasteiger partial charge in [-0.1, -0.05) is 0 Å². The highest BCUT2D eigenvalue weighted by molar-refractivity contribution is 5.91.